The Morgan fingerprint density at radius 1 is 1.10 bits per heavy atom. The van der Waals surface area contributed by atoms with Crippen molar-refractivity contribution in [3.05, 3.63) is 90.8 Å². The number of aromatic nitrogens is 4. The van der Waals surface area contributed by atoms with Gasteiger partial charge in [-0.3, -0.25) is 9.78 Å². The maximum Gasteiger partial charge on any atom is 0.214 e. The van der Waals surface area contributed by atoms with Crippen LogP contribution in [0.3, 0.4) is 0 Å². The number of carbonyl (C=O) groups excluding carboxylic acids is 1. The summed E-state index contributed by atoms with van der Waals surface area (Å²) >= 11 is 0. The number of imidazole rings is 1. The van der Waals surface area contributed by atoms with E-state index in [9.17, 15) is 4.79 Å². The Morgan fingerprint density at radius 2 is 1.97 bits per heavy atom. The quantitative estimate of drug-likeness (QED) is 0.424. The fourth-order valence-electron chi connectivity index (χ4n) is 3.36. The third-order valence-corrected chi connectivity index (χ3v) is 4.89. The van der Waals surface area contributed by atoms with Gasteiger partial charge in [-0.2, -0.15) is 0 Å². The molecule has 31 heavy (non-hydrogen) atoms. The van der Waals surface area contributed by atoms with Crippen molar-refractivity contribution < 1.29 is 4.79 Å². The van der Waals surface area contributed by atoms with Crippen molar-refractivity contribution in [2.75, 3.05) is 16.8 Å². The second-order valence-electron chi connectivity index (χ2n) is 7.23. The monoisotopic (exact) mass is 412 g/mol. The lowest BCUT2D eigenvalue weighted by atomic mass is 10.1. The van der Waals surface area contributed by atoms with Crippen LogP contribution in [-0.2, 0) is 24.8 Å². The van der Waals surface area contributed by atoms with Gasteiger partial charge in [-0.25, -0.2) is 9.97 Å². The Kier molecular flexibility index (Phi) is 6.32. The van der Waals surface area contributed by atoms with Crippen molar-refractivity contribution in [1.29, 1.82) is 0 Å². The molecule has 0 aliphatic heterocycles. The van der Waals surface area contributed by atoms with E-state index in [-0.39, 0.29) is 0 Å². The number of carbonyl (C=O) groups is 1. The largest absolute Gasteiger partial charge is 0.368 e. The van der Waals surface area contributed by atoms with Crippen LogP contribution in [-0.4, -0.2) is 32.5 Å². The molecule has 7 nitrogen and oxygen atoms in total. The minimum Gasteiger partial charge on any atom is -0.368 e. The first kappa shape index (κ1) is 20.3. The van der Waals surface area contributed by atoms with E-state index in [2.05, 4.69) is 15.3 Å². The van der Waals surface area contributed by atoms with Gasteiger partial charge in [0.2, 0.25) is 6.41 Å². The van der Waals surface area contributed by atoms with Gasteiger partial charge in [0.15, 0.2) is 5.82 Å². The molecule has 1 N–H and O–H groups in total. The average Bonchev–Trinajstić information content (AvgIpc) is 3.24. The van der Waals surface area contributed by atoms with Crippen molar-refractivity contribution in [3.63, 3.8) is 0 Å². The van der Waals surface area contributed by atoms with Gasteiger partial charge in [0.1, 0.15) is 0 Å². The van der Waals surface area contributed by atoms with E-state index in [1.165, 1.54) is 0 Å². The summed E-state index contributed by atoms with van der Waals surface area (Å²) in [5.41, 5.74) is 4.53. The van der Waals surface area contributed by atoms with E-state index in [1.54, 1.807) is 23.6 Å². The third kappa shape index (κ3) is 5.14. The summed E-state index contributed by atoms with van der Waals surface area (Å²) in [5, 5.41) is 3.41. The Hall–Kier alpha value is -4.00. The molecule has 3 aromatic heterocycles. The predicted molar refractivity (Wildman–Crippen MR) is 122 cm³/mol. The van der Waals surface area contributed by atoms with Crippen LogP contribution in [0.15, 0.2) is 79.5 Å². The highest BCUT2D eigenvalue weighted by molar-refractivity contribution is 5.83. The minimum absolute atomic E-state index is 0.415. The van der Waals surface area contributed by atoms with Crippen molar-refractivity contribution in [2.24, 2.45) is 7.05 Å². The molecule has 0 aliphatic rings. The SMILES string of the molecule is Cn1cnc(CCNc2nc(-c3ccccc3)ccc2N(C=O)Cc2cccnc2)c1. The van der Waals surface area contributed by atoms with Crippen LogP contribution in [0.25, 0.3) is 11.3 Å². The fraction of sp³-hybridized carbons (Fsp3) is 0.167. The zero-order valence-corrected chi connectivity index (χ0v) is 17.3. The lowest BCUT2D eigenvalue weighted by molar-refractivity contribution is -0.107. The smallest absolute Gasteiger partial charge is 0.214 e. The number of amides is 1. The molecular weight excluding hydrogens is 388 g/mol. The maximum atomic E-state index is 12.0. The van der Waals surface area contributed by atoms with Crippen molar-refractivity contribution in [1.82, 2.24) is 19.5 Å². The number of hydrogen-bond donors (Lipinski definition) is 1. The molecule has 0 atom stereocenters. The number of nitrogens with one attached hydrogen (secondary N) is 1. The van der Waals surface area contributed by atoms with Crippen LogP contribution in [0.2, 0.25) is 0 Å². The van der Waals surface area contributed by atoms with E-state index >= 15 is 0 Å². The third-order valence-electron chi connectivity index (χ3n) is 4.89. The molecule has 1 amide bonds. The van der Waals surface area contributed by atoms with E-state index in [1.807, 2.05) is 72.4 Å². The molecule has 0 saturated heterocycles. The number of benzene rings is 1. The van der Waals surface area contributed by atoms with Crippen LogP contribution in [0, 0.1) is 0 Å². The van der Waals surface area contributed by atoms with Gasteiger partial charge in [-0.1, -0.05) is 36.4 Å². The molecule has 0 saturated carbocycles. The first-order chi connectivity index (χ1) is 15.2. The van der Waals surface area contributed by atoms with Gasteiger partial charge in [0.05, 0.1) is 29.9 Å². The fourth-order valence-corrected chi connectivity index (χ4v) is 3.36. The lowest BCUT2D eigenvalue weighted by Crippen LogP contribution is -2.23. The molecule has 3 heterocycles. The highest BCUT2D eigenvalue weighted by Gasteiger charge is 2.14. The van der Waals surface area contributed by atoms with Gasteiger partial charge in [0, 0.05) is 44.2 Å². The molecule has 4 aromatic rings. The molecule has 0 aliphatic carbocycles. The van der Waals surface area contributed by atoms with Gasteiger partial charge in [-0.05, 0) is 23.8 Å². The van der Waals surface area contributed by atoms with E-state index in [0.717, 1.165) is 41.0 Å². The number of pyridine rings is 2. The highest BCUT2D eigenvalue weighted by atomic mass is 16.1. The van der Waals surface area contributed by atoms with Crippen LogP contribution >= 0.6 is 0 Å². The topological polar surface area (TPSA) is 75.9 Å². The summed E-state index contributed by atoms with van der Waals surface area (Å²) < 4.78 is 1.93. The molecule has 1 aromatic carbocycles. The molecule has 0 radical (unpaired) electrons. The molecule has 7 heteroatoms. The first-order valence-corrected chi connectivity index (χ1v) is 10.1. The maximum absolute atomic E-state index is 12.0. The molecular formula is C24H24N6O. The average molecular weight is 412 g/mol. The summed E-state index contributed by atoms with van der Waals surface area (Å²) in [7, 11) is 1.95. The summed E-state index contributed by atoms with van der Waals surface area (Å²) in [6.45, 7) is 1.06. The van der Waals surface area contributed by atoms with Gasteiger partial charge in [-0.15, -0.1) is 0 Å². The van der Waals surface area contributed by atoms with Gasteiger partial charge >= 0.3 is 0 Å². The molecule has 0 unspecified atom stereocenters. The number of nitrogens with zero attached hydrogens (tertiary/aromatic N) is 5. The Labute approximate surface area is 181 Å². The first-order valence-electron chi connectivity index (χ1n) is 10.1. The van der Waals surface area contributed by atoms with Gasteiger partial charge in [0.25, 0.3) is 0 Å². The molecule has 156 valence electrons. The minimum atomic E-state index is 0.415. The lowest BCUT2D eigenvalue weighted by Gasteiger charge is -2.21. The van der Waals surface area contributed by atoms with Gasteiger partial charge < -0.3 is 14.8 Å². The Bertz CT molecular complexity index is 1130. The van der Waals surface area contributed by atoms with E-state index < -0.39 is 0 Å². The predicted octanol–water partition coefficient (Wildman–Crippen LogP) is 3.69. The molecule has 0 fully saturated rings. The van der Waals surface area contributed by atoms with Crippen LogP contribution in [0.1, 0.15) is 11.3 Å². The summed E-state index contributed by atoms with van der Waals surface area (Å²) in [6, 6.07) is 17.7. The van der Waals surface area contributed by atoms with Crippen LogP contribution < -0.4 is 10.2 Å². The van der Waals surface area contributed by atoms with Crippen molar-refractivity contribution in [2.45, 2.75) is 13.0 Å². The number of rotatable bonds is 9. The molecule has 4 rings (SSSR count). The van der Waals surface area contributed by atoms with Crippen molar-refractivity contribution in [3.8, 4) is 11.3 Å². The zero-order chi connectivity index (χ0) is 21.5. The second-order valence-corrected chi connectivity index (χ2v) is 7.23. The summed E-state index contributed by atoms with van der Waals surface area (Å²) in [5.74, 6) is 0.660. The Balaban J connectivity index is 1.61. The molecule has 0 spiro atoms. The highest BCUT2D eigenvalue weighted by Crippen LogP contribution is 2.28. The van der Waals surface area contributed by atoms with E-state index in [4.69, 9.17) is 4.98 Å². The van der Waals surface area contributed by atoms with Crippen LogP contribution in [0.5, 0.6) is 0 Å². The number of anilines is 2. The zero-order valence-electron chi connectivity index (χ0n) is 17.3. The second kappa shape index (κ2) is 9.67. The summed E-state index contributed by atoms with van der Waals surface area (Å²) in [4.78, 5) is 26.9. The Morgan fingerprint density at radius 3 is 2.68 bits per heavy atom. The summed E-state index contributed by atoms with van der Waals surface area (Å²) in [6.07, 6.45) is 8.84. The van der Waals surface area contributed by atoms with Crippen molar-refractivity contribution >= 4 is 17.9 Å². The van der Waals surface area contributed by atoms with E-state index in [0.29, 0.717) is 18.9 Å². The number of hydrogen-bond acceptors (Lipinski definition) is 5. The molecule has 0 bridgehead atoms. The standard InChI is InChI=1S/C24H24N6O/c1-29-16-21(27-17-29)11-13-26-24-23(30(18-31)15-19-6-5-12-25-14-19)10-9-22(28-24)20-7-3-2-4-8-20/h2-10,12,14,16-18H,11,13,15H2,1H3,(H,26,28). The number of aryl methyl sites for hydroxylation is 1. The van der Waals surface area contributed by atoms with Crippen LogP contribution in [0.4, 0.5) is 11.5 Å². The normalized spacial score (nSPS) is 10.6.